The van der Waals surface area contributed by atoms with Gasteiger partial charge in [-0.25, -0.2) is 4.39 Å². The Balaban J connectivity index is 2.39. The van der Waals surface area contributed by atoms with Crippen LogP contribution in [0.25, 0.3) is 0 Å². The summed E-state index contributed by atoms with van der Waals surface area (Å²) >= 11 is 0. The summed E-state index contributed by atoms with van der Waals surface area (Å²) in [6.45, 7) is 6.22. The van der Waals surface area contributed by atoms with Crippen LogP contribution in [-0.4, -0.2) is 31.2 Å². The van der Waals surface area contributed by atoms with Gasteiger partial charge in [0.05, 0.1) is 18.4 Å². The fraction of sp³-hybridized carbons (Fsp3) is 0.538. The first-order valence-electron chi connectivity index (χ1n) is 5.83. The number of nitrogens with zero attached hydrogens (tertiary/aromatic N) is 1. The van der Waals surface area contributed by atoms with E-state index in [-0.39, 0.29) is 17.6 Å². The third-order valence-electron chi connectivity index (χ3n) is 2.44. The van der Waals surface area contributed by atoms with E-state index in [2.05, 4.69) is 4.90 Å². The molecule has 0 aliphatic rings. The molecule has 1 aromatic carbocycles. The van der Waals surface area contributed by atoms with Crippen LogP contribution in [0.5, 0.6) is 0 Å². The summed E-state index contributed by atoms with van der Waals surface area (Å²) in [5.41, 5.74) is 6.54. The fourth-order valence-corrected chi connectivity index (χ4v) is 1.50. The number of likely N-dealkylation sites (N-methyl/N-ethyl adjacent to an activating group) is 1. The number of halogens is 1. The van der Waals surface area contributed by atoms with Gasteiger partial charge in [-0.1, -0.05) is 6.07 Å². The Morgan fingerprint density at radius 1 is 1.41 bits per heavy atom. The average Bonchev–Trinajstić information content (AvgIpc) is 2.23. The van der Waals surface area contributed by atoms with Gasteiger partial charge in [-0.15, -0.1) is 0 Å². The van der Waals surface area contributed by atoms with E-state index in [4.69, 9.17) is 10.5 Å². The van der Waals surface area contributed by atoms with Crippen LogP contribution in [0.1, 0.15) is 19.4 Å². The number of rotatable bonds is 6. The second-order valence-electron chi connectivity index (χ2n) is 4.51. The summed E-state index contributed by atoms with van der Waals surface area (Å²) in [6.07, 6.45) is 0.248. The number of hydrogen-bond donors (Lipinski definition) is 1. The molecule has 0 heterocycles. The Morgan fingerprint density at radius 2 is 2.12 bits per heavy atom. The van der Waals surface area contributed by atoms with Crippen molar-refractivity contribution in [3.05, 3.63) is 29.6 Å². The maximum atomic E-state index is 13.2. The summed E-state index contributed by atoms with van der Waals surface area (Å²) in [4.78, 5) is 2.09. The number of hydrogen-bond acceptors (Lipinski definition) is 3. The first kappa shape index (κ1) is 13.9. The number of nitrogens with two attached hydrogens (primary N) is 1. The molecule has 1 aromatic rings. The smallest absolute Gasteiger partial charge is 0.146 e. The minimum Gasteiger partial charge on any atom is -0.396 e. The van der Waals surface area contributed by atoms with Gasteiger partial charge in [0.1, 0.15) is 5.82 Å². The van der Waals surface area contributed by atoms with Gasteiger partial charge in [0.15, 0.2) is 0 Å². The second kappa shape index (κ2) is 6.57. The first-order valence-corrected chi connectivity index (χ1v) is 5.83. The second-order valence-corrected chi connectivity index (χ2v) is 4.51. The van der Waals surface area contributed by atoms with Crippen molar-refractivity contribution in [3.8, 4) is 0 Å². The molecule has 0 spiro atoms. The van der Waals surface area contributed by atoms with Gasteiger partial charge >= 0.3 is 0 Å². The van der Waals surface area contributed by atoms with Crippen molar-refractivity contribution in [2.24, 2.45) is 0 Å². The lowest BCUT2D eigenvalue weighted by molar-refractivity contribution is 0.0627. The van der Waals surface area contributed by atoms with Crippen LogP contribution >= 0.6 is 0 Å². The van der Waals surface area contributed by atoms with Crippen molar-refractivity contribution < 1.29 is 9.13 Å². The molecule has 0 saturated carbocycles. The molecule has 96 valence electrons. The average molecular weight is 240 g/mol. The highest BCUT2D eigenvalue weighted by Crippen LogP contribution is 2.13. The Morgan fingerprint density at radius 3 is 2.71 bits per heavy atom. The molecular weight excluding hydrogens is 219 g/mol. The molecule has 0 amide bonds. The van der Waals surface area contributed by atoms with Gasteiger partial charge < -0.3 is 10.5 Å². The zero-order valence-corrected chi connectivity index (χ0v) is 10.7. The van der Waals surface area contributed by atoms with E-state index in [1.54, 1.807) is 6.07 Å². The van der Waals surface area contributed by atoms with Gasteiger partial charge in [-0.2, -0.15) is 0 Å². The summed E-state index contributed by atoms with van der Waals surface area (Å²) < 4.78 is 18.7. The summed E-state index contributed by atoms with van der Waals surface area (Å²) in [5, 5.41) is 0. The van der Waals surface area contributed by atoms with E-state index in [0.29, 0.717) is 13.2 Å². The fourth-order valence-electron chi connectivity index (χ4n) is 1.50. The summed E-state index contributed by atoms with van der Waals surface area (Å²) in [6, 6.07) is 4.93. The molecule has 0 bridgehead atoms. The predicted molar refractivity (Wildman–Crippen MR) is 68.2 cm³/mol. The van der Waals surface area contributed by atoms with Crippen LogP contribution in [-0.2, 0) is 11.3 Å². The van der Waals surface area contributed by atoms with Crippen LogP contribution in [0.2, 0.25) is 0 Å². The van der Waals surface area contributed by atoms with Gasteiger partial charge in [0.2, 0.25) is 0 Å². The van der Waals surface area contributed by atoms with Gasteiger partial charge in [-0.05, 0) is 38.6 Å². The highest BCUT2D eigenvalue weighted by atomic mass is 19.1. The standard InChI is InChI=1S/C13H21FN2O/c1-10(2)17-7-6-16(3)9-11-4-5-13(15)12(14)8-11/h4-5,8,10H,6-7,9,15H2,1-3H3. The summed E-state index contributed by atoms with van der Waals surface area (Å²) in [7, 11) is 1.98. The van der Waals surface area contributed by atoms with Crippen LogP contribution < -0.4 is 5.73 Å². The van der Waals surface area contributed by atoms with Crippen molar-refractivity contribution >= 4 is 5.69 Å². The number of ether oxygens (including phenoxy) is 1. The van der Waals surface area contributed by atoms with Crippen LogP contribution in [0.15, 0.2) is 18.2 Å². The van der Waals surface area contributed by atoms with Crippen molar-refractivity contribution in [3.63, 3.8) is 0 Å². The van der Waals surface area contributed by atoms with Crippen LogP contribution in [0.4, 0.5) is 10.1 Å². The van der Waals surface area contributed by atoms with Crippen molar-refractivity contribution in [2.75, 3.05) is 25.9 Å². The molecule has 0 saturated heterocycles. The molecule has 0 aliphatic heterocycles. The molecule has 3 nitrogen and oxygen atoms in total. The first-order chi connectivity index (χ1) is 7.99. The predicted octanol–water partition coefficient (Wildman–Crippen LogP) is 2.26. The van der Waals surface area contributed by atoms with Crippen LogP contribution in [0.3, 0.4) is 0 Å². The Labute approximate surface area is 102 Å². The molecule has 0 aliphatic carbocycles. The lowest BCUT2D eigenvalue weighted by atomic mass is 10.2. The molecule has 0 fully saturated rings. The lowest BCUT2D eigenvalue weighted by Gasteiger charge is -2.17. The largest absolute Gasteiger partial charge is 0.396 e. The topological polar surface area (TPSA) is 38.5 Å². The maximum Gasteiger partial charge on any atom is 0.146 e. The molecule has 17 heavy (non-hydrogen) atoms. The Bertz CT molecular complexity index is 355. The molecule has 0 radical (unpaired) electrons. The van der Waals surface area contributed by atoms with E-state index in [1.807, 2.05) is 27.0 Å². The molecule has 0 atom stereocenters. The molecule has 0 unspecified atom stereocenters. The Hall–Kier alpha value is -1.13. The number of benzene rings is 1. The molecular formula is C13H21FN2O. The number of anilines is 1. The van der Waals surface area contributed by atoms with Crippen LogP contribution in [0, 0.1) is 5.82 Å². The van der Waals surface area contributed by atoms with E-state index in [9.17, 15) is 4.39 Å². The minimum absolute atomic E-state index is 0.194. The van der Waals surface area contributed by atoms with Crippen molar-refractivity contribution in [2.45, 2.75) is 26.5 Å². The van der Waals surface area contributed by atoms with Gasteiger partial charge in [0.25, 0.3) is 0 Å². The Kier molecular flexibility index (Phi) is 5.38. The molecule has 0 aromatic heterocycles. The third-order valence-corrected chi connectivity index (χ3v) is 2.44. The zero-order chi connectivity index (χ0) is 12.8. The van der Waals surface area contributed by atoms with E-state index < -0.39 is 0 Å². The third kappa shape index (κ3) is 5.15. The number of nitrogen functional groups attached to an aromatic ring is 1. The van der Waals surface area contributed by atoms with E-state index in [0.717, 1.165) is 12.1 Å². The van der Waals surface area contributed by atoms with E-state index in [1.165, 1.54) is 6.07 Å². The minimum atomic E-state index is -0.352. The SMILES string of the molecule is CC(C)OCCN(C)Cc1ccc(N)c(F)c1. The van der Waals surface area contributed by atoms with Crippen molar-refractivity contribution in [1.29, 1.82) is 0 Å². The highest BCUT2D eigenvalue weighted by molar-refractivity contribution is 5.41. The van der Waals surface area contributed by atoms with E-state index >= 15 is 0 Å². The molecule has 4 heteroatoms. The van der Waals surface area contributed by atoms with Gasteiger partial charge in [-0.3, -0.25) is 4.90 Å². The van der Waals surface area contributed by atoms with Crippen molar-refractivity contribution in [1.82, 2.24) is 4.90 Å². The molecule has 2 N–H and O–H groups in total. The van der Waals surface area contributed by atoms with Gasteiger partial charge in [0, 0.05) is 13.1 Å². The maximum absolute atomic E-state index is 13.2. The normalized spacial score (nSPS) is 11.4. The zero-order valence-electron chi connectivity index (χ0n) is 10.7. The quantitative estimate of drug-likeness (QED) is 0.775. The molecule has 1 rings (SSSR count). The lowest BCUT2D eigenvalue weighted by Crippen LogP contribution is -2.24. The highest BCUT2D eigenvalue weighted by Gasteiger charge is 2.04. The monoisotopic (exact) mass is 240 g/mol. The summed E-state index contributed by atoms with van der Waals surface area (Å²) in [5.74, 6) is -0.352.